The van der Waals surface area contributed by atoms with Gasteiger partial charge in [-0.05, 0) is 87.9 Å². The Kier molecular flexibility index (Phi) is 6.42. The minimum absolute atomic E-state index is 0.0251. The predicted molar refractivity (Wildman–Crippen MR) is 127 cm³/mol. The molecule has 3 heterocycles. The van der Waals surface area contributed by atoms with Crippen molar-refractivity contribution in [2.75, 3.05) is 13.1 Å². The summed E-state index contributed by atoms with van der Waals surface area (Å²) >= 11 is 0. The van der Waals surface area contributed by atoms with E-state index < -0.39 is 0 Å². The van der Waals surface area contributed by atoms with Crippen molar-refractivity contribution in [3.8, 4) is 0 Å². The number of carbonyl (C=O) groups excluding carboxylic acids is 1. The van der Waals surface area contributed by atoms with Gasteiger partial charge in [0.05, 0.1) is 5.69 Å². The molecule has 3 aromatic rings. The van der Waals surface area contributed by atoms with Crippen LogP contribution in [0.2, 0.25) is 0 Å². The number of hydrogen-bond donors (Lipinski definition) is 3. The summed E-state index contributed by atoms with van der Waals surface area (Å²) in [5.74, 6) is 0.208. The van der Waals surface area contributed by atoms with Gasteiger partial charge in [0.15, 0.2) is 5.95 Å². The molecule has 1 amide bonds. The highest BCUT2D eigenvalue weighted by Crippen LogP contribution is 2.35. The number of nitrogens with zero attached hydrogens (tertiary/aromatic N) is 2. The third kappa shape index (κ3) is 4.94. The summed E-state index contributed by atoms with van der Waals surface area (Å²) in [6.07, 6.45) is 7.01. The maximum Gasteiger partial charge on any atom is 0.251 e. The molecule has 0 spiro atoms. The van der Waals surface area contributed by atoms with E-state index in [2.05, 4.69) is 40.0 Å². The van der Waals surface area contributed by atoms with Gasteiger partial charge >= 0.3 is 0 Å². The zero-order valence-electron chi connectivity index (χ0n) is 19.1. The second-order valence-electron chi connectivity index (χ2n) is 9.46. The summed E-state index contributed by atoms with van der Waals surface area (Å²) in [6, 6.07) is 13.8. The van der Waals surface area contributed by atoms with Crippen LogP contribution in [0.5, 0.6) is 0 Å². The lowest BCUT2D eigenvalue weighted by Gasteiger charge is -2.23. The molecule has 0 radical (unpaired) electrons. The van der Waals surface area contributed by atoms with E-state index in [1.54, 1.807) is 12.3 Å². The highest BCUT2D eigenvalue weighted by molar-refractivity contribution is 5.94. The number of piperidine rings is 1. The summed E-state index contributed by atoms with van der Waals surface area (Å²) in [5.41, 5.74) is 3.51. The highest BCUT2D eigenvalue weighted by atomic mass is 19.1. The average Bonchev–Trinajstić information content (AvgIpc) is 3.48. The normalized spacial score (nSPS) is 22.5. The summed E-state index contributed by atoms with van der Waals surface area (Å²) in [6.45, 7) is 4.02. The van der Waals surface area contributed by atoms with Crippen LogP contribution in [-0.2, 0) is 0 Å². The number of pyridine rings is 1. The van der Waals surface area contributed by atoms with Gasteiger partial charge in [0.2, 0.25) is 0 Å². The van der Waals surface area contributed by atoms with Crippen LogP contribution in [-0.4, -0.2) is 40.5 Å². The lowest BCUT2D eigenvalue weighted by Crippen LogP contribution is -2.42. The number of carbonyl (C=O) groups is 1. The predicted octanol–water partition coefficient (Wildman–Crippen LogP) is 3.94. The Bertz CT molecular complexity index is 1110. The number of amides is 1. The maximum atomic E-state index is 14.0. The van der Waals surface area contributed by atoms with Crippen molar-refractivity contribution in [3.05, 3.63) is 71.4 Å². The van der Waals surface area contributed by atoms with E-state index in [4.69, 9.17) is 0 Å². The fraction of sp³-hybridized carbons (Fsp3) is 0.462. The first-order valence-corrected chi connectivity index (χ1v) is 12.1. The van der Waals surface area contributed by atoms with E-state index in [1.807, 2.05) is 18.2 Å². The van der Waals surface area contributed by atoms with Crippen molar-refractivity contribution in [3.63, 3.8) is 0 Å². The molecule has 3 N–H and O–H groups in total. The van der Waals surface area contributed by atoms with Gasteiger partial charge in [0.25, 0.3) is 5.91 Å². The van der Waals surface area contributed by atoms with Crippen molar-refractivity contribution in [1.29, 1.82) is 0 Å². The van der Waals surface area contributed by atoms with Crippen molar-refractivity contribution in [2.24, 2.45) is 0 Å². The number of halogens is 1. The van der Waals surface area contributed by atoms with Crippen LogP contribution in [0, 0.1) is 5.95 Å². The minimum atomic E-state index is -0.299. The van der Waals surface area contributed by atoms with Gasteiger partial charge < -0.3 is 16.0 Å². The molecule has 3 atom stereocenters. The molecule has 2 aromatic heterocycles. The third-order valence-electron chi connectivity index (χ3n) is 7.14. The first-order chi connectivity index (χ1) is 16.1. The highest BCUT2D eigenvalue weighted by Gasteiger charge is 2.28. The van der Waals surface area contributed by atoms with Crippen LogP contribution in [0.4, 0.5) is 4.39 Å². The van der Waals surface area contributed by atoms with Crippen molar-refractivity contribution in [2.45, 2.75) is 63.1 Å². The van der Waals surface area contributed by atoms with E-state index in [9.17, 15) is 9.18 Å². The SMILES string of the molecule is C[C@@H](NC1CC[C@H](c2ccc(C(=O)NC3CCNCC3)cc2)C1)c1cn2c(F)cccc2n1. The maximum absolute atomic E-state index is 14.0. The third-order valence-corrected chi connectivity index (χ3v) is 7.14. The van der Waals surface area contributed by atoms with Gasteiger partial charge in [-0.1, -0.05) is 18.2 Å². The van der Waals surface area contributed by atoms with Crippen molar-refractivity contribution < 1.29 is 9.18 Å². The topological polar surface area (TPSA) is 70.5 Å². The van der Waals surface area contributed by atoms with Gasteiger partial charge in [-0.3, -0.25) is 9.20 Å². The monoisotopic (exact) mass is 449 g/mol. The van der Waals surface area contributed by atoms with Gasteiger partial charge in [-0.2, -0.15) is 4.39 Å². The molecule has 1 aliphatic heterocycles. The van der Waals surface area contributed by atoms with E-state index >= 15 is 0 Å². The van der Waals surface area contributed by atoms with Gasteiger partial charge in [-0.15, -0.1) is 0 Å². The Morgan fingerprint density at radius 1 is 1.09 bits per heavy atom. The molecule has 0 bridgehead atoms. The Balaban J connectivity index is 1.16. The number of nitrogens with one attached hydrogen (secondary N) is 3. The van der Waals surface area contributed by atoms with Crippen molar-refractivity contribution >= 4 is 11.6 Å². The number of imidazole rings is 1. The molecule has 7 heteroatoms. The quantitative estimate of drug-likeness (QED) is 0.499. The van der Waals surface area contributed by atoms with Crippen LogP contribution in [0.1, 0.15) is 72.6 Å². The summed E-state index contributed by atoms with van der Waals surface area (Å²) < 4.78 is 15.5. The zero-order chi connectivity index (χ0) is 22.8. The Morgan fingerprint density at radius 2 is 1.88 bits per heavy atom. The van der Waals surface area contributed by atoms with Crippen LogP contribution in [0.15, 0.2) is 48.7 Å². The summed E-state index contributed by atoms with van der Waals surface area (Å²) in [7, 11) is 0. The fourth-order valence-electron chi connectivity index (χ4n) is 5.22. The lowest BCUT2D eigenvalue weighted by atomic mass is 9.96. The van der Waals surface area contributed by atoms with Crippen LogP contribution < -0.4 is 16.0 Å². The Morgan fingerprint density at radius 3 is 2.64 bits per heavy atom. The van der Waals surface area contributed by atoms with Crippen LogP contribution in [0.3, 0.4) is 0 Å². The molecule has 5 rings (SSSR count). The molecule has 2 aliphatic rings. The Hall–Kier alpha value is -2.77. The fourth-order valence-corrected chi connectivity index (χ4v) is 5.22. The molecular formula is C26H32FN5O. The number of fused-ring (bicyclic) bond motifs is 1. The smallest absolute Gasteiger partial charge is 0.251 e. The van der Waals surface area contributed by atoms with Gasteiger partial charge in [0, 0.05) is 29.9 Å². The van der Waals surface area contributed by atoms with E-state index in [0.29, 0.717) is 17.6 Å². The molecule has 1 saturated heterocycles. The van der Waals surface area contributed by atoms with E-state index in [-0.39, 0.29) is 23.9 Å². The zero-order valence-corrected chi connectivity index (χ0v) is 19.1. The van der Waals surface area contributed by atoms with Crippen molar-refractivity contribution in [1.82, 2.24) is 25.3 Å². The molecule has 1 aliphatic carbocycles. The molecule has 1 saturated carbocycles. The molecule has 1 unspecified atom stereocenters. The van der Waals surface area contributed by atoms with Crippen LogP contribution in [0.25, 0.3) is 5.65 Å². The summed E-state index contributed by atoms with van der Waals surface area (Å²) in [4.78, 5) is 17.1. The Labute approximate surface area is 194 Å². The number of aromatic nitrogens is 2. The molecule has 6 nitrogen and oxygen atoms in total. The minimum Gasteiger partial charge on any atom is -0.349 e. The first kappa shape index (κ1) is 22.0. The average molecular weight is 450 g/mol. The second-order valence-corrected chi connectivity index (χ2v) is 9.46. The lowest BCUT2D eigenvalue weighted by molar-refractivity contribution is 0.0929. The molecule has 1 aromatic carbocycles. The van der Waals surface area contributed by atoms with E-state index in [0.717, 1.165) is 56.5 Å². The first-order valence-electron chi connectivity index (χ1n) is 12.1. The molecule has 174 valence electrons. The molecule has 33 heavy (non-hydrogen) atoms. The van der Waals surface area contributed by atoms with Gasteiger partial charge in [0.1, 0.15) is 5.65 Å². The second kappa shape index (κ2) is 9.61. The standard InChI is InChI=1S/C26H32FN5O/c1-17(23-16-32-24(27)3-2-4-25(32)31-23)29-22-10-9-20(15-22)18-5-7-19(8-6-18)26(33)30-21-11-13-28-14-12-21/h2-8,16-17,20-22,28-29H,9-15H2,1H3,(H,30,33)/t17-,20+,22?/m1/s1. The molecular weight excluding hydrogens is 417 g/mol. The number of benzene rings is 1. The molecule has 2 fully saturated rings. The summed E-state index contributed by atoms with van der Waals surface area (Å²) in [5, 5.41) is 10.2. The van der Waals surface area contributed by atoms with E-state index in [1.165, 1.54) is 16.0 Å². The number of rotatable bonds is 6. The van der Waals surface area contributed by atoms with Crippen LogP contribution >= 0.6 is 0 Å². The van der Waals surface area contributed by atoms with Gasteiger partial charge in [-0.25, -0.2) is 4.98 Å². The number of hydrogen-bond acceptors (Lipinski definition) is 4. The largest absolute Gasteiger partial charge is 0.349 e.